The number of nitrogens with zero attached hydrogens (tertiary/aromatic N) is 3. The van der Waals surface area contributed by atoms with Crippen molar-refractivity contribution >= 4 is 28.0 Å². The number of carboxylic acid groups (broad SMARTS) is 1. The topological polar surface area (TPSA) is 111 Å². The summed E-state index contributed by atoms with van der Waals surface area (Å²) in [4.78, 5) is 16.5. The number of aromatic nitrogens is 4. The maximum atomic E-state index is 14.4. The van der Waals surface area contributed by atoms with Crippen molar-refractivity contribution in [1.29, 1.82) is 0 Å². The number of halogens is 1. The summed E-state index contributed by atoms with van der Waals surface area (Å²) in [6, 6.07) is 6.78. The molecule has 2 N–H and O–H groups in total. The Morgan fingerprint density at radius 1 is 1.31 bits per heavy atom. The largest absolute Gasteiger partial charge is 0.494 e. The molecule has 1 aliphatic rings. The average molecular weight is 497 g/mol. The van der Waals surface area contributed by atoms with E-state index in [1.54, 1.807) is 25.4 Å². The second kappa shape index (κ2) is 9.18. The van der Waals surface area contributed by atoms with E-state index in [9.17, 15) is 14.3 Å². The molecule has 1 fully saturated rings. The summed E-state index contributed by atoms with van der Waals surface area (Å²) in [6.07, 6.45) is 1.92. The summed E-state index contributed by atoms with van der Waals surface area (Å²) < 4.78 is 33.1. The van der Waals surface area contributed by atoms with Crippen LogP contribution in [-0.4, -0.2) is 64.4 Å². The molecule has 1 aliphatic heterocycles. The Bertz CT molecular complexity index is 1440. The van der Waals surface area contributed by atoms with Gasteiger partial charge in [-0.25, -0.2) is 14.2 Å². The highest BCUT2D eigenvalue weighted by Crippen LogP contribution is 2.44. The van der Waals surface area contributed by atoms with Gasteiger partial charge in [0.25, 0.3) is 0 Å². The van der Waals surface area contributed by atoms with Gasteiger partial charge < -0.3 is 23.9 Å². The predicted octanol–water partition coefficient (Wildman–Crippen LogP) is 4.32. The number of rotatable bonds is 7. The summed E-state index contributed by atoms with van der Waals surface area (Å²) in [5.74, 6) is -1.36. The van der Waals surface area contributed by atoms with Crippen molar-refractivity contribution in [2.45, 2.75) is 44.1 Å². The van der Waals surface area contributed by atoms with Gasteiger partial charge in [0.15, 0.2) is 23.3 Å². The second-order valence-corrected chi connectivity index (χ2v) is 9.83. The van der Waals surface area contributed by atoms with E-state index in [2.05, 4.69) is 28.6 Å². The van der Waals surface area contributed by atoms with Gasteiger partial charge in [0, 0.05) is 46.8 Å². The van der Waals surface area contributed by atoms with Crippen LogP contribution in [0.3, 0.4) is 0 Å². The van der Waals surface area contributed by atoms with Crippen molar-refractivity contribution in [3.63, 3.8) is 0 Å². The standard InChI is InChI=1S/C26H29FN4O5/c1-26(2,13-34-3)23-21(14-5-8-19(25(32)33)36-12-14)22-18(9-15-11-28-30-24(15)29-22)31(23)16-6-7-17(27)20(10-16)35-4/h6-7,9-11,14,19H,5,8,12-13H2,1-4H3,(H,32,33)(H,28,29,30)/t14-,19+/m0/s1. The number of benzene rings is 1. The number of aliphatic carboxylic acids is 1. The number of methoxy groups -OCH3 is 2. The van der Waals surface area contributed by atoms with Gasteiger partial charge in [-0.2, -0.15) is 5.10 Å². The lowest BCUT2D eigenvalue weighted by atomic mass is 9.81. The van der Waals surface area contributed by atoms with Crippen LogP contribution in [0.1, 0.15) is 43.9 Å². The minimum Gasteiger partial charge on any atom is -0.494 e. The number of pyridine rings is 1. The quantitative estimate of drug-likeness (QED) is 0.392. The van der Waals surface area contributed by atoms with E-state index in [1.807, 2.05) is 6.07 Å². The molecule has 1 saturated heterocycles. The Morgan fingerprint density at radius 3 is 2.78 bits per heavy atom. The summed E-state index contributed by atoms with van der Waals surface area (Å²) in [6.45, 7) is 4.84. The minimum absolute atomic E-state index is 0.0919. The zero-order chi connectivity index (χ0) is 25.6. The van der Waals surface area contributed by atoms with E-state index >= 15 is 0 Å². The van der Waals surface area contributed by atoms with Crippen LogP contribution in [0, 0.1) is 5.82 Å². The fraction of sp³-hybridized carbons (Fsp3) is 0.423. The van der Waals surface area contributed by atoms with E-state index in [1.165, 1.54) is 13.2 Å². The highest BCUT2D eigenvalue weighted by Gasteiger charge is 2.38. The Kier molecular flexibility index (Phi) is 6.17. The van der Waals surface area contributed by atoms with Crippen LogP contribution in [0.15, 0.2) is 30.5 Å². The molecule has 36 heavy (non-hydrogen) atoms. The van der Waals surface area contributed by atoms with Crippen LogP contribution < -0.4 is 4.74 Å². The van der Waals surface area contributed by atoms with E-state index in [-0.39, 0.29) is 18.3 Å². The van der Waals surface area contributed by atoms with Gasteiger partial charge in [-0.3, -0.25) is 5.10 Å². The number of ether oxygens (including phenoxy) is 3. The fourth-order valence-corrected chi connectivity index (χ4v) is 5.30. The Hall–Kier alpha value is -3.50. The molecule has 0 aliphatic carbocycles. The third kappa shape index (κ3) is 4.00. The maximum absolute atomic E-state index is 14.4. The van der Waals surface area contributed by atoms with Crippen molar-refractivity contribution in [1.82, 2.24) is 19.7 Å². The number of carboxylic acids is 1. The number of hydrogen-bond acceptors (Lipinski definition) is 6. The van der Waals surface area contributed by atoms with Crippen molar-refractivity contribution in [2.24, 2.45) is 0 Å². The third-order valence-corrected chi connectivity index (χ3v) is 6.88. The van der Waals surface area contributed by atoms with Crippen LogP contribution in [0.5, 0.6) is 5.75 Å². The summed E-state index contributed by atoms with van der Waals surface area (Å²) >= 11 is 0. The number of aromatic amines is 1. The van der Waals surface area contributed by atoms with Crippen molar-refractivity contribution in [2.75, 3.05) is 27.4 Å². The molecule has 0 saturated carbocycles. The minimum atomic E-state index is -0.952. The van der Waals surface area contributed by atoms with Gasteiger partial charge in [-0.1, -0.05) is 13.8 Å². The Labute approximate surface area is 207 Å². The zero-order valence-corrected chi connectivity index (χ0v) is 20.7. The van der Waals surface area contributed by atoms with Crippen molar-refractivity contribution in [3.05, 3.63) is 47.5 Å². The molecule has 10 heteroatoms. The first kappa shape index (κ1) is 24.2. The molecule has 9 nitrogen and oxygen atoms in total. The van der Waals surface area contributed by atoms with Gasteiger partial charge in [0.2, 0.25) is 0 Å². The van der Waals surface area contributed by atoms with Crippen LogP contribution >= 0.6 is 0 Å². The normalized spacial score (nSPS) is 18.7. The number of carbonyl (C=O) groups is 1. The fourth-order valence-electron chi connectivity index (χ4n) is 5.30. The molecule has 0 bridgehead atoms. The monoisotopic (exact) mass is 496 g/mol. The number of hydrogen-bond donors (Lipinski definition) is 2. The van der Waals surface area contributed by atoms with Gasteiger partial charge in [0.1, 0.15) is 0 Å². The maximum Gasteiger partial charge on any atom is 0.332 e. The molecule has 5 rings (SSSR count). The van der Waals surface area contributed by atoms with Crippen LogP contribution in [0.2, 0.25) is 0 Å². The molecule has 4 aromatic rings. The molecular formula is C26H29FN4O5. The molecule has 190 valence electrons. The van der Waals surface area contributed by atoms with Crippen molar-refractivity contribution < 1.29 is 28.5 Å². The lowest BCUT2D eigenvalue weighted by Gasteiger charge is -2.32. The molecular weight excluding hydrogens is 467 g/mol. The van der Waals surface area contributed by atoms with E-state index in [0.717, 1.165) is 27.7 Å². The smallest absolute Gasteiger partial charge is 0.332 e. The Balaban J connectivity index is 1.83. The van der Waals surface area contributed by atoms with Gasteiger partial charge in [-0.15, -0.1) is 0 Å². The summed E-state index contributed by atoms with van der Waals surface area (Å²) in [7, 11) is 3.09. The molecule has 0 unspecified atom stereocenters. The zero-order valence-electron chi connectivity index (χ0n) is 20.7. The van der Waals surface area contributed by atoms with E-state index < -0.39 is 23.3 Å². The molecule has 2 atom stereocenters. The van der Waals surface area contributed by atoms with Gasteiger partial charge >= 0.3 is 5.97 Å². The second-order valence-electron chi connectivity index (χ2n) is 9.83. The third-order valence-electron chi connectivity index (χ3n) is 6.88. The first-order valence-electron chi connectivity index (χ1n) is 11.8. The lowest BCUT2D eigenvalue weighted by Crippen LogP contribution is -2.33. The van der Waals surface area contributed by atoms with Crippen LogP contribution in [-0.2, 0) is 19.7 Å². The molecule has 0 amide bonds. The van der Waals surface area contributed by atoms with E-state index in [0.29, 0.717) is 30.8 Å². The molecule has 4 heterocycles. The summed E-state index contributed by atoms with van der Waals surface area (Å²) in [5, 5.41) is 17.4. The highest BCUT2D eigenvalue weighted by atomic mass is 19.1. The molecule has 3 aromatic heterocycles. The van der Waals surface area contributed by atoms with Crippen LogP contribution in [0.25, 0.3) is 27.8 Å². The number of nitrogens with one attached hydrogen (secondary N) is 1. The molecule has 1 aromatic carbocycles. The average Bonchev–Trinajstić information content (AvgIpc) is 3.45. The van der Waals surface area contributed by atoms with Crippen molar-refractivity contribution in [3.8, 4) is 11.4 Å². The van der Waals surface area contributed by atoms with E-state index in [4.69, 9.17) is 19.2 Å². The first-order valence-corrected chi connectivity index (χ1v) is 11.8. The number of fused-ring (bicyclic) bond motifs is 2. The SMILES string of the molecule is COCC(C)(C)c1c([C@H]2CC[C@H](C(=O)O)OC2)c2nc3[nH]ncc3cc2n1-c1ccc(F)c(OC)c1. The van der Waals surface area contributed by atoms with Gasteiger partial charge in [-0.05, 0) is 31.0 Å². The first-order chi connectivity index (χ1) is 17.2. The molecule has 0 radical (unpaired) electrons. The van der Waals surface area contributed by atoms with Gasteiger partial charge in [0.05, 0.1) is 37.6 Å². The van der Waals surface area contributed by atoms with Crippen LogP contribution in [0.4, 0.5) is 4.39 Å². The lowest BCUT2D eigenvalue weighted by molar-refractivity contribution is -0.153. The summed E-state index contributed by atoms with van der Waals surface area (Å²) in [5.41, 5.74) is 4.38. The predicted molar refractivity (Wildman–Crippen MR) is 131 cm³/mol. The number of H-pyrrole nitrogens is 1. The molecule has 0 spiro atoms. The highest BCUT2D eigenvalue weighted by molar-refractivity contribution is 5.94. The Morgan fingerprint density at radius 2 is 2.11 bits per heavy atom.